The molecule has 4 heteroatoms. The van der Waals surface area contributed by atoms with Crippen molar-refractivity contribution < 1.29 is 14.7 Å². The maximum atomic E-state index is 12.3. The van der Waals surface area contributed by atoms with Crippen LogP contribution in [0, 0.1) is 0 Å². The molecule has 0 aromatic heterocycles. The van der Waals surface area contributed by atoms with Crippen molar-refractivity contribution in [3.63, 3.8) is 0 Å². The van der Waals surface area contributed by atoms with Gasteiger partial charge in [0.25, 0.3) is 0 Å². The molecule has 0 heterocycles. The van der Waals surface area contributed by atoms with Crippen LogP contribution in [0.25, 0.3) is 0 Å². The maximum Gasteiger partial charge on any atom is 0.186 e. The van der Waals surface area contributed by atoms with Gasteiger partial charge in [0.2, 0.25) is 0 Å². The van der Waals surface area contributed by atoms with E-state index in [-0.39, 0.29) is 28.3 Å². The predicted octanol–water partition coefficient (Wildman–Crippen LogP) is 3.99. The van der Waals surface area contributed by atoms with Gasteiger partial charge in [0.15, 0.2) is 10.9 Å². The number of carbonyl (C=O) groups excluding carboxylic acids is 2. The van der Waals surface area contributed by atoms with E-state index in [0.29, 0.717) is 5.56 Å². The number of hydrogen-bond acceptors (Lipinski definition) is 4. The van der Waals surface area contributed by atoms with Gasteiger partial charge in [-0.25, -0.2) is 0 Å². The van der Waals surface area contributed by atoms with Crippen LogP contribution in [0.1, 0.15) is 34.5 Å². The van der Waals surface area contributed by atoms with E-state index in [2.05, 4.69) is 0 Å². The smallest absolute Gasteiger partial charge is 0.186 e. The molecule has 0 aliphatic rings. The molecule has 0 spiro atoms. The van der Waals surface area contributed by atoms with Crippen LogP contribution in [0.2, 0.25) is 0 Å². The maximum absolute atomic E-state index is 12.3. The SMILES string of the molecule is CC(=O)S[C@H](CC(=O)c1ccccc1)c1ccc(O)cc1. The Morgan fingerprint density at radius 3 is 2.24 bits per heavy atom. The summed E-state index contributed by atoms with van der Waals surface area (Å²) in [4.78, 5) is 23.7. The first-order chi connectivity index (χ1) is 10.1. The van der Waals surface area contributed by atoms with Gasteiger partial charge in [-0.2, -0.15) is 0 Å². The van der Waals surface area contributed by atoms with E-state index >= 15 is 0 Å². The van der Waals surface area contributed by atoms with Gasteiger partial charge in [0.1, 0.15) is 5.75 Å². The molecule has 2 rings (SSSR count). The van der Waals surface area contributed by atoms with E-state index in [1.165, 1.54) is 6.92 Å². The van der Waals surface area contributed by atoms with Gasteiger partial charge < -0.3 is 5.11 Å². The topological polar surface area (TPSA) is 54.4 Å². The average molecular weight is 300 g/mol. The number of thioether (sulfide) groups is 1. The van der Waals surface area contributed by atoms with Crippen molar-refractivity contribution in [3.8, 4) is 5.75 Å². The van der Waals surface area contributed by atoms with Crippen LogP contribution in [0.5, 0.6) is 5.75 Å². The molecule has 2 aromatic carbocycles. The molecule has 0 fully saturated rings. The van der Waals surface area contributed by atoms with Gasteiger partial charge in [-0.05, 0) is 17.7 Å². The van der Waals surface area contributed by atoms with Crippen molar-refractivity contribution in [2.24, 2.45) is 0 Å². The number of hydrogen-bond donors (Lipinski definition) is 1. The summed E-state index contributed by atoms with van der Waals surface area (Å²) in [5.74, 6) is 0.169. The second-order valence-electron chi connectivity index (χ2n) is 4.68. The molecule has 0 aliphatic heterocycles. The van der Waals surface area contributed by atoms with Crippen LogP contribution in [-0.4, -0.2) is 16.0 Å². The Bertz CT molecular complexity index is 620. The lowest BCUT2D eigenvalue weighted by Crippen LogP contribution is -2.06. The van der Waals surface area contributed by atoms with E-state index in [1.54, 1.807) is 36.4 Å². The summed E-state index contributed by atoms with van der Waals surface area (Å²) >= 11 is 1.14. The lowest BCUT2D eigenvalue weighted by molar-refractivity contribution is -0.109. The molecule has 1 atom stereocenters. The van der Waals surface area contributed by atoms with E-state index in [1.807, 2.05) is 18.2 Å². The van der Waals surface area contributed by atoms with Gasteiger partial charge in [-0.15, -0.1) is 0 Å². The molecule has 0 aliphatic carbocycles. The largest absolute Gasteiger partial charge is 0.508 e. The highest BCUT2D eigenvalue weighted by molar-refractivity contribution is 8.13. The van der Waals surface area contributed by atoms with Crippen molar-refractivity contribution in [2.45, 2.75) is 18.6 Å². The molecule has 2 aromatic rings. The van der Waals surface area contributed by atoms with Crippen molar-refractivity contribution in [2.75, 3.05) is 0 Å². The summed E-state index contributed by atoms with van der Waals surface area (Å²) in [5, 5.41) is 9.07. The molecule has 108 valence electrons. The van der Waals surface area contributed by atoms with Crippen molar-refractivity contribution >= 4 is 22.7 Å². The number of phenols is 1. The number of ketones is 1. The molecule has 21 heavy (non-hydrogen) atoms. The average Bonchev–Trinajstić information content (AvgIpc) is 2.48. The molecule has 0 saturated carbocycles. The Kier molecular flexibility index (Phi) is 5.17. The van der Waals surface area contributed by atoms with E-state index < -0.39 is 0 Å². The summed E-state index contributed by atoms with van der Waals surface area (Å²) in [6, 6.07) is 15.7. The Morgan fingerprint density at radius 2 is 1.67 bits per heavy atom. The number of Topliss-reactive ketones (excluding diaryl/α,β-unsaturated/α-hetero) is 1. The first-order valence-corrected chi connectivity index (χ1v) is 7.48. The number of benzene rings is 2. The minimum absolute atomic E-state index is 0.00225. The van der Waals surface area contributed by atoms with E-state index in [0.717, 1.165) is 17.3 Å². The highest BCUT2D eigenvalue weighted by Crippen LogP contribution is 2.34. The molecule has 0 bridgehead atoms. The zero-order chi connectivity index (χ0) is 15.2. The van der Waals surface area contributed by atoms with Crippen LogP contribution >= 0.6 is 11.8 Å². The zero-order valence-electron chi connectivity index (χ0n) is 11.7. The van der Waals surface area contributed by atoms with Crippen molar-refractivity contribution in [1.29, 1.82) is 0 Å². The second kappa shape index (κ2) is 7.09. The molecule has 3 nitrogen and oxygen atoms in total. The third-order valence-corrected chi connectivity index (χ3v) is 4.09. The molecular weight excluding hydrogens is 284 g/mol. The van der Waals surface area contributed by atoms with E-state index in [4.69, 9.17) is 0 Å². The van der Waals surface area contributed by atoms with Crippen LogP contribution in [0.3, 0.4) is 0 Å². The molecule has 0 saturated heterocycles. The van der Waals surface area contributed by atoms with Gasteiger partial charge in [-0.3, -0.25) is 9.59 Å². The zero-order valence-corrected chi connectivity index (χ0v) is 12.5. The second-order valence-corrected chi connectivity index (χ2v) is 6.06. The highest BCUT2D eigenvalue weighted by atomic mass is 32.2. The summed E-state index contributed by atoms with van der Waals surface area (Å²) in [7, 11) is 0. The third kappa shape index (κ3) is 4.46. The first kappa shape index (κ1) is 15.3. The first-order valence-electron chi connectivity index (χ1n) is 6.60. The monoisotopic (exact) mass is 300 g/mol. The minimum Gasteiger partial charge on any atom is -0.508 e. The number of aromatic hydroxyl groups is 1. The van der Waals surface area contributed by atoms with Crippen molar-refractivity contribution in [3.05, 3.63) is 65.7 Å². The Hall–Kier alpha value is -2.07. The van der Waals surface area contributed by atoms with Crippen LogP contribution in [-0.2, 0) is 4.79 Å². The summed E-state index contributed by atoms with van der Waals surface area (Å²) in [6.45, 7) is 1.49. The summed E-state index contributed by atoms with van der Waals surface area (Å²) in [6.07, 6.45) is 0.249. The van der Waals surface area contributed by atoms with Gasteiger partial charge in [0.05, 0.1) is 0 Å². The fourth-order valence-electron chi connectivity index (χ4n) is 2.03. The minimum atomic E-state index is -0.240. The summed E-state index contributed by atoms with van der Waals surface area (Å²) in [5.41, 5.74) is 1.50. The molecular formula is C17H16O3S. The quantitative estimate of drug-likeness (QED) is 0.848. The van der Waals surface area contributed by atoms with Crippen molar-refractivity contribution in [1.82, 2.24) is 0 Å². The molecule has 0 amide bonds. The van der Waals surface area contributed by atoms with Crippen LogP contribution in [0.4, 0.5) is 0 Å². The highest BCUT2D eigenvalue weighted by Gasteiger charge is 2.19. The molecule has 0 unspecified atom stereocenters. The number of carbonyl (C=O) groups is 2. The van der Waals surface area contributed by atoms with Gasteiger partial charge in [-0.1, -0.05) is 54.2 Å². The molecule has 1 N–H and O–H groups in total. The lowest BCUT2D eigenvalue weighted by atomic mass is 10.0. The van der Waals surface area contributed by atoms with Gasteiger partial charge >= 0.3 is 0 Å². The van der Waals surface area contributed by atoms with Crippen LogP contribution in [0.15, 0.2) is 54.6 Å². The number of phenolic OH excluding ortho intramolecular Hbond substituents is 1. The van der Waals surface area contributed by atoms with E-state index in [9.17, 15) is 14.7 Å². The Labute approximate surface area is 128 Å². The lowest BCUT2D eigenvalue weighted by Gasteiger charge is -2.15. The standard InChI is InChI=1S/C17H16O3S/c1-12(18)21-17(14-7-9-15(19)10-8-14)11-16(20)13-5-3-2-4-6-13/h2-10,17,19H,11H2,1H3/t17-/m1/s1. The van der Waals surface area contributed by atoms with Crippen LogP contribution < -0.4 is 0 Å². The Morgan fingerprint density at radius 1 is 1.05 bits per heavy atom. The Balaban J connectivity index is 2.18. The number of rotatable bonds is 5. The molecule has 0 radical (unpaired) electrons. The fraction of sp³-hybridized carbons (Fsp3) is 0.176. The normalized spacial score (nSPS) is 11.9. The predicted molar refractivity (Wildman–Crippen MR) is 84.5 cm³/mol. The van der Waals surface area contributed by atoms with Gasteiger partial charge in [0, 0.05) is 24.2 Å². The fourth-order valence-corrected chi connectivity index (χ4v) is 2.96. The third-order valence-electron chi connectivity index (χ3n) is 3.04. The summed E-state index contributed by atoms with van der Waals surface area (Å²) < 4.78 is 0.